The van der Waals surface area contributed by atoms with Gasteiger partial charge in [-0.25, -0.2) is 0 Å². The molecule has 0 radical (unpaired) electrons. The minimum Gasteiger partial charge on any atom is -0.360 e. The molecule has 1 aromatic carbocycles. The van der Waals surface area contributed by atoms with Gasteiger partial charge < -0.3 is 15.1 Å². The first kappa shape index (κ1) is 18.5. The van der Waals surface area contributed by atoms with Crippen LogP contribution in [0.1, 0.15) is 44.0 Å². The van der Waals surface area contributed by atoms with Crippen molar-refractivity contribution in [2.75, 3.05) is 37.6 Å². The van der Waals surface area contributed by atoms with E-state index in [0.29, 0.717) is 6.54 Å². The van der Waals surface area contributed by atoms with Crippen molar-refractivity contribution in [3.63, 3.8) is 0 Å². The average molecular weight is 332 g/mol. The number of hydrogen-bond acceptors (Lipinski definition) is 3. The van der Waals surface area contributed by atoms with Crippen LogP contribution in [0.15, 0.2) is 24.3 Å². The Morgan fingerprint density at radius 3 is 2.38 bits per heavy atom. The molecule has 2 N–H and O–H groups in total. The second-order valence-corrected chi connectivity index (χ2v) is 6.77. The lowest BCUT2D eigenvalue weighted by Crippen LogP contribution is -3.16. The molecule has 1 heterocycles. The van der Waals surface area contributed by atoms with Crippen molar-refractivity contribution in [3.8, 4) is 0 Å². The Labute approximate surface area is 145 Å². The number of Topliss-reactive ketones (excluding diaryl/α,β-unsaturated/α-hetero) is 1. The Hall–Kier alpha value is -1.88. The summed E-state index contributed by atoms with van der Waals surface area (Å²) in [7, 11) is 0. The van der Waals surface area contributed by atoms with Crippen LogP contribution in [0.2, 0.25) is 0 Å². The molecule has 24 heavy (non-hydrogen) atoms. The maximum absolute atomic E-state index is 12.1. The number of ketones is 1. The molecule has 1 aromatic rings. The molecule has 2 rings (SSSR count). The van der Waals surface area contributed by atoms with Crippen LogP contribution in [0, 0.1) is 0 Å². The van der Waals surface area contributed by atoms with Crippen molar-refractivity contribution in [3.05, 3.63) is 29.8 Å². The van der Waals surface area contributed by atoms with E-state index in [1.807, 2.05) is 24.3 Å². The quantitative estimate of drug-likeness (QED) is 0.730. The van der Waals surface area contributed by atoms with Crippen molar-refractivity contribution < 1.29 is 14.5 Å². The summed E-state index contributed by atoms with van der Waals surface area (Å²) in [4.78, 5) is 27.1. The normalized spacial score (nSPS) is 16.7. The second kappa shape index (κ2) is 8.83. The number of amides is 1. The third-order valence-corrected chi connectivity index (χ3v) is 4.65. The molecule has 1 aliphatic rings. The molecular weight excluding hydrogens is 302 g/mol. The van der Waals surface area contributed by atoms with E-state index in [2.05, 4.69) is 24.1 Å². The highest BCUT2D eigenvalue weighted by Crippen LogP contribution is 2.15. The van der Waals surface area contributed by atoms with Gasteiger partial charge in [0, 0.05) is 17.3 Å². The molecule has 1 aliphatic heterocycles. The van der Waals surface area contributed by atoms with E-state index in [1.165, 1.54) is 4.90 Å². The Morgan fingerprint density at radius 2 is 1.83 bits per heavy atom. The minimum atomic E-state index is 0.0964. The van der Waals surface area contributed by atoms with Crippen molar-refractivity contribution in [1.29, 1.82) is 0 Å². The largest absolute Gasteiger partial charge is 0.360 e. The molecule has 1 fully saturated rings. The fourth-order valence-corrected chi connectivity index (χ4v) is 3.22. The van der Waals surface area contributed by atoms with Gasteiger partial charge in [0.05, 0.1) is 26.2 Å². The van der Waals surface area contributed by atoms with Gasteiger partial charge in [0.1, 0.15) is 0 Å². The molecule has 1 atom stereocenters. The lowest BCUT2D eigenvalue weighted by atomic mass is 10.1. The Morgan fingerprint density at radius 1 is 1.21 bits per heavy atom. The zero-order chi connectivity index (χ0) is 17.5. The lowest BCUT2D eigenvalue weighted by molar-refractivity contribution is -0.892. The molecular formula is C19H30N3O2+. The summed E-state index contributed by atoms with van der Waals surface area (Å²) in [6.45, 7) is 10.2. The highest BCUT2D eigenvalue weighted by atomic mass is 16.2. The van der Waals surface area contributed by atoms with E-state index in [9.17, 15) is 9.59 Å². The lowest BCUT2D eigenvalue weighted by Gasteiger charge is -2.33. The van der Waals surface area contributed by atoms with Crippen LogP contribution < -0.4 is 15.1 Å². The molecule has 0 spiro atoms. The van der Waals surface area contributed by atoms with Crippen LogP contribution >= 0.6 is 0 Å². The Kier molecular flexibility index (Phi) is 6.79. The number of carbonyl (C=O) groups is 2. The molecule has 1 saturated heterocycles. The summed E-state index contributed by atoms with van der Waals surface area (Å²) in [6.07, 6.45) is 2.13. The zero-order valence-corrected chi connectivity index (χ0v) is 15.1. The average Bonchev–Trinajstić information content (AvgIpc) is 2.55. The number of benzene rings is 1. The van der Waals surface area contributed by atoms with Gasteiger partial charge in [-0.2, -0.15) is 0 Å². The first-order valence-electron chi connectivity index (χ1n) is 8.98. The standard InChI is InChI=1S/C19H29N3O2/c1-4-5-15(2)20-19(24)14-21-10-12-22(13-11-21)18-8-6-17(7-9-18)16(3)23/h6-9,15H,4-5,10-14H2,1-3H3,(H,20,24)/p+1/t15-/m1/s1. The Bertz CT molecular complexity index is 548. The van der Waals surface area contributed by atoms with Crippen LogP contribution in [0.4, 0.5) is 5.69 Å². The van der Waals surface area contributed by atoms with E-state index in [-0.39, 0.29) is 17.7 Å². The van der Waals surface area contributed by atoms with Crippen LogP contribution in [-0.2, 0) is 4.79 Å². The monoisotopic (exact) mass is 332 g/mol. The summed E-state index contributed by atoms with van der Waals surface area (Å²) in [5.41, 5.74) is 1.90. The summed E-state index contributed by atoms with van der Waals surface area (Å²) in [5.74, 6) is 0.254. The van der Waals surface area contributed by atoms with Gasteiger partial charge in [-0.05, 0) is 44.5 Å². The number of hydrogen-bond donors (Lipinski definition) is 2. The fourth-order valence-electron chi connectivity index (χ4n) is 3.22. The SMILES string of the molecule is CCC[C@@H](C)NC(=O)C[NH+]1CCN(c2ccc(C(C)=O)cc2)CC1. The van der Waals surface area contributed by atoms with Crippen LogP contribution in [0.3, 0.4) is 0 Å². The minimum absolute atomic E-state index is 0.0964. The zero-order valence-electron chi connectivity index (χ0n) is 15.1. The number of piperazine rings is 1. The first-order chi connectivity index (χ1) is 11.5. The highest BCUT2D eigenvalue weighted by molar-refractivity contribution is 5.94. The molecule has 132 valence electrons. The summed E-state index contributed by atoms with van der Waals surface area (Å²) in [6, 6.07) is 8.07. The number of carbonyl (C=O) groups excluding carboxylic acids is 2. The summed E-state index contributed by atoms with van der Waals surface area (Å²) < 4.78 is 0. The van der Waals surface area contributed by atoms with Crippen molar-refractivity contribution in [1.82, 2.24) is 5.32 Å². The third kappa shape index (κ3) is 5.34. The number of nitrogens with zero attached hydrogens (tertiary/aromatic N) is 1. The maximum atomic E-state index is 12.1. The van der Waals surface area contributed by atoms with Crippen molar-refractivity contribution in [2.45, 2.75) is 39.7 Å². The van der Waals surface area contributed by atoms with Gasteiger partial charge in [-0.3, -0.25) is 9.59 Å². The van der Waals surface area contributed by atoms with Crippen LogP contribution in [0.5, 0.6) is 0 Å². The van der Waals surface area contributed by atoms with Gasteiger partial charge in [0.25, 0.3) is 5.91 Å². The molecule has 0 bridgehead atoms. The number of rotatable bonds is 7. The van der Waals surface area contributed by atoms with Gasteiger partial charge >= 0.3 is 0 Å². The molecule has 0 saturated carbocycles. The second-order valence-electron chi connectivity index (χ2n) is 6.77. The number of nitrogens with one attached hydrogen (secondary N) is 2. The number of anilines is 1. The van der Waals surface area contributed by atoms with Crippen molar-refractivity contribution >= 4 is 17.4 Å². The summed E-state index contributed by atoms with van der Waals surface area (Å²) in [5, 5.41) is 3.08. The number of quaternary nitrogens is 1. The molecule has 0 aromatic heterocycles. The predicted molar refractivity (Wildman–Crippen MR) is 96.7 cm³/mol. The highest BCUT2D eigenvalue weighted by Gasteiger charge is 2.22. The van der Waals surface area contributed by atoms with Crippen LogP contribution in [0.25, 0.3) is 0 Å². The smallest absolute Gasteiger partial charge is 0.275 e. The fraction of sp³-hybridized carbons (Fsp3) is 0.579. The Balaban J connectivity index is 1.78. The van der Waals surface area contributed by atoms with E-state index in [0.717, 1.165) is 50.3 Å². The molecule has 1 amide bonds. The topological polar surface area (TPSA) is 53.9 Å². The first-order valence-corrected chi connectivity index (χ1v) is 8.98. The molecule has 5 heteroatoms. The third-order valence-electron chi connectivity index (χ3n) is 4.65. The van der Waals surface area contributed by atoms with Crippen molar-refractivity contribution in [2.24, 2.45) is 0 Å². The van der Waals surface area contributed by atoms with E-state index >= 15 is 0 Å². The van der Waals surface area contributed by atoms with E-state index in [1.54, 1.807) is 6.92 Å². The van der Waals surface area contributed by atoms with E-state index in [4.69, 9.17) is 0 Å². The predicted octanol–water partition coefficient (Wildman–Crippen LogP) is 0.899. The maximum Gasteiger partial charge on any atom is 0.275 e. The molecule has 5 nitrogen and oxygen atoms in total. The molecule has 0 aliphatic carbocycles. The van der Waals surface area contributed by atoms with Gasteiger partial charge in [-0.15, -0.1) is 0 Å². The molecule has 0 unspecified atom stereocenters. The van der Waals surface area contributed by atoms with Gasteiger partial charge in [0.15, 0.2) is 12.3 Å². The van der Waals surface area contributed by atoms with E-state index < -0.39 is 0 Å². The van der Waals surface area contributed by atoms with Crippen LogP contribution in [-0.4, -0.2) is 50.5 Å². The summed E-state index contributed by atoms with van der Waals surface area (Å²) >= 11 is 0. The van der Waals surface area contributed by atoms with Gasteiger partial charge in [-0.1, -0.05) is 13.3 Å². The van der Waals surface area contributed by atoms with Gasteiger partial charge in [0.2, 0.25) is 0 Å².